The Hall–Kier alpha value is -4.93. The van der Waals surface area contributed by atoms with Gasteiger partial charge in [-0.15, -0.1) is 0 Å². The van der Waals surface area contributed by atoms with Crippen molar-refractivity contribution in [1.82, 2.24) is 16.0 Å². The normalized spacial score (nSPS) is 25.1. The summed E-state index contributed by atoms with van der Waals surface area (Å²) in [5.41, 5.74) is 7.43. The second-order valence-corrected chi connectivity index (χ2v) is 16.4. The highest BCUT2D eigenvalue weighted by molar-refractivity contribution is 6.09. The maximum Gasteiger partial charge on any atom is 0.244 e. The van der Waals surface area contributed by atoms with Gasteiger partial charge in [0, 0.05) is 42.0 Å². The lowest BCUT2D eigenvalue weighted by atomic mass is 9.79. The van der Waals surface area contributed by atoms with E-state index in [1.54, 1.807) is 36.4 Å². The molecular formula is C46H60N4O7. The minimum atomic E-state index is -0.961. The fourth-order valence-electron chi connectivity index (χ4n) is 8.71. The minimum Gasteiger partial charge on any atom is -0.368 e. The standard InChI is InChI=1S/C46H60N4O7/c47-45(56)37-19-11-4-12-20-40(51)38(29-33-21-23-35(24-22-33)44(55)34-17-9-3-10-18-34)50-46(57)36(27-31-13-5-1-6-14-31)30-41(52)39(28-32-15-7-2-8-16-32)49-43(54)26-25-42(53)48-37/h3,9-10,17-18,21-26,31-32,36-39H,1-2,4-8,11-16,19-20,27-30H2,(H2,47,56)(H,48,53)(H,49,54)(H,50,57)/b26-25+/t36-,37-,38?,39+/m1/s1. The molecule has 2 fully saturated rings. The Morgan fingerprint density at radius 3 is 1.77 bits per heavy atom. The Morgan fingerprint density at radius 1 is 0.579 bits per heavy atom. The largest absolute Gasteiger partial charge is 0.368 e. The summed E-state index contributed by atoms with van der Waals surface area (Å²) in [4.78, 5) is 93.8. The Labute approximate surface area is 336 Å². The van der Waals surface area contributed by atoms with E-state index in [2.05, 4.69) is 16.0 Å². The lowest BCUT2D eigenvalue weighted by Gasteiger charge is -2.30. The SMILES string of the molecule is NC(=O)[C@H]1CCCCCC(=O)C(Cc2ccc(C(=O)c3ccccc3)cc2)NC(=O)[C@H](CC2CCCCC2)CC(=O)[C@H](CC2CCCCC2)NC(=O)/C=C/C(=O)N1. The quantitative estimate of drug-likeness (QED) is 0.225. The highest BCUT2D eigenvalue weighted by Crippen LogP contribution is 2.32. The maximum absolute atomic E-state index is 14.4. The summed E-state index contributed by atoms with van der Waals surface area (Å²) in [6.07, 6.45) is 15.5. The van der Waals surface area contributed by atoms with E-state index in [0.717, 1.165) is 81.9 Å². The molecule has 1 unspecified atom stereocenters. The van der Waals surface area contributed by atoms with Gasteiger partial charge in [-0.05, 0) is 49.5 Å². The van der Waals surface area contributed by atoms with E-state index in [1.165, 1.54) is 0 Å². The molecule has 0 aromatic heterocycles. The van der Waals surface area contributed by atoms with Gasteiger partial charge in [0.1, 0.15) is 6.04 Å². The molecule has 0 saturated heterocycles. The van der Waals surface area contributed by atoms with Gasteiger partial charge in [-0.1, -0.05) is 132 Å². The van der Waals surface area contributed by atoms with Crippen LogP contribution in [-0.2, 0) is 35.2 Å². The van der Waals surface area contributed by atoms with Gasteiger partial charge in [0.05, 0.1) is 12.1 Å². The molecule has 5 rings (SSSR count). The number of amides is 4. The second kappa shape index (κ2) is 22.1. The van der Waals surface area contributed by atoms with Gasteiger partial charge in [-0.25, -0.2) is 0 Å². The van der Waals surface area contributed by atoms with E-state index in [1.807, 2.05) is 18.2 Å². The van der Waals surface area contributed by atoms with Crippen LogP contribution in [0.4, 0.5) is 0 Å². The summed E-state index contributed by atoms with van der Waals surface area (Å²) in [7, 11) is 0. The smallest absolute Gasteiger partial charge is 0.244 e. The highest BCUT2D eigenvalue weighted by atomic mass is 16.2. The van der Waals surface area contributed by atoms with Gasteiger partial charge in [0.15, 0.2) is 17.3 Å². The monoisotopic (exact) mass is 780 g/mol. The van der Waals surface area contributed by atoms with Gasteiger partial charge in [0.25, 0.3) is 0 Å². The van der Waals surface area contributed by atoms with Crippen molar-refractivity contribution in [3.8, 4) is 0 Å². The molecule has 1 heterocycles. The van der Waals surface area contributed by atoms with E-state index in [-0.39, 0.29) is 60.8 Å². The number of carbonyl (C=O) groups excluding carboxylic acids is 7. The first-order chi connectivity index (χ1) is 27.5. The molecule has 1 aliphatic heterocycles. The Morgan fingerprint density at radius 2 is 1.14 bits per heavy atom. The summed E-state index contributed by atoms with van der Waals surface area (Å²) in [5.74, 6) is -3.01. The van der Waals surface area contributed by atoms with Gasteiger partial charge >= 0.3 is 0 Å². The predicted octanol–water partition coefficient (Wildman–Crippen LogP) is 6.01. The average Bonchev–Trinajstić information content (AvgIpc) is 3.22. The van der Waals surface area contributed by atoms with E-state index in [0.29, 0.717) is 43.2 Å². The molecule has 57 heavy (non-hydrogen) atoms. The zero-order valence-electron chi connectivity index (χ0n) is 33.2. The van der Waals surface area contributed by atoms with Crippen LogP contribution in [0.25, 0.3) is 0 Å². The first kappa shape index (κ1) is 43.2. The van der Waals surface area contributed by atoms with E-state index in [4.69, 9.17) is 5.73 Å². The highest BCUT2D eigenvalue weighted by Gasteiger charge is 2.33. The number of rotatable bonds is 9. The number of carbonyl (C=O) groups is 7. The number of hydrogen-bond donors (Lipinski definition) is 4. The van der Waals surface area contributed by atoms with Gasteiger partial charge < -0.3 is 21.7 Å². The first-order valence-electron chi connectivity index (χ1n) is 21.2. The molecule has 0 spiro atoms. The van der Waals surface area contributed by atoms with Crippen molar-refractivity contribution in [3.63, 3.8) is 0 Å². The van der Waals surface area contributed by atoms with Gasteiger partial charge in [0.2, 0.25) is 23.6 Å². The van der Waals surface area contributed by atoms with Crippen LogP contribution in [0.1, 0.15) is 137 Å². The van der Waals surface area contributed by atoms with Crippen molar-refractivity contribution in [2.24, 2.45) is 23.5 Å². The molecule has 2 aromatic rings. The molecule has 2 aromatic carbocycles. The lowest BCUT2D eigenvalue weighted by Crippen LogP contribution is -2.47. The molecule has 11 heteroatoms. The van der Waals surface area contributed by atoms with Crippen molar-refractivity contribution in [2.75, 3.05) is 0 Å². The first-order valence-corrected chi connectivity index (χ1v) is 21.2. The van der Waals surface area contributed by atoms with Gasteiger partial charge in [-0.2, -0.15) is 0 Å². The van der Waals surface area contributed by atoms with Crippen LogP contribution in [0, 0.1) is 17.8 Å². The number of hydrogen-bond acceptors (Lipinski definition) is 7. The van der Waals surface area contributed by atoms with Crippen LogP contribution in [0.3, 0.4) is 0 Å². The van der Waals surface area contributed by atoms with E-state index >= 15 is 0 Å². The number of Topliss-reactive ketones (excluding diaryl/α,β-unsaturated/α-hetero) is 2. The number of primary amides is 1. The predicted molar refractivity (Wildman–Crippen MR) is 218 cm³/mol. The van der Waals surface area contributed by atoms with Crippen LogP contribution in [0.15, 0.2) is 66.7 Å². The summed E-state index contributed by atoms with van der Waals surface area (Å²) in [6, 6.07) is 13.4. The topological polar surface area (TPSA) is 182 Å². The molecule has 2 saturated carbocycles. The zero-order valence-corrected chi connectivity index (χ0v) is 33.2. The average molecular weight is 781 g/mol. The molecule has 4 atom stereocenters. The Balaban J connectivity index is 1.41. The molecular weight excluding hydrogens is 721 g/mol. The van der Waals surface area contributed by atoms with Gasteiger partial charge in [-0.3, -0.25) is 33.6 Å². The summed E-state index contributed by atoms with van der Waals surface area (Å²) < 4.78 is 0. The summed E-state index contributed by atoms with van der Waals surface area (Å²) in [5, 5.41) is 8.50. The fourth-order valence-corrected chi connectivity index (χ4v) is 8.71. The van der Waals surface area contributed by atoms with Crippen LogP contribution >= 0.6 is 0 Å². The van der Waals surface area contributed by atoms with Crippen molar-refractivity contribution in [1.29, 1.82) is 0 Å². The number of ketones is 3. The van der Waals surface area contributed by atoms with E-state index < -0.39 is 41.8 Å². The molecule has 0 bridgehead atoms. The van der Waals surface area contributed by atoms with Crippen LogP contribution < -0.4 is 21.7 Å². The van der Waals surface area contributed by atoms with Crippen molar-refractivity contribution in [2.45, 2.75) is 140 Å². The number of nitrogens with one attached hydrogen (secondary N) is 3. The molecule has 4 amide bonds. The van der Waals surface area contributed by atoms with Crippen LogP contribution in [-0.4, -0.2) is 59.1 Å². The van der Waals surface area contributed by atoms with Crippen LogP contribution in [0.5, 0.6) is 0 Å². The van der Waals surface area contributed by atoms with E-state index in [9.17, 15) is 33.6 Å². The number of benzene rings is 2. The Kier molecular flexibility index (Phi) is 16.8. The molecule has 11 nitrogen and oxygen atoms in total. The Bertz CT molecular complexity index is 1730. The molecule has 2 aliphatic carbocycles. The molecule has 3 aliphatic rings. The molecule has 0 radical (unpaired) electrons. The zero-order chi connectivity index (χ0) is 40.6. The minimum absolute atomic E-state index is 0.0816. The van der Waals surface area contributed by atoms with Crippen molar-refractivity contribution >= 4 is 41.0 Å². The van der Waals surface area contributed by atoms with Crippen LogP contribution in [0.2, 0.25) is 0 Å². The second-order valence-electron chi connectivity index (χ2n) is 16.4. The molecule has 306 valence electrons. The lowest BCUT2D eigenvalue weighted by molar-refractivity contribution is -0.134. The van der Waals surface area contributed by atoms with Crippen molar-refractivity contribution in [3.05, 3.63) is 83.4 Å². The number of nitrogens with two attached hydrogens (primary N) is 1. The third kappa shape index (κ3) is 13.9. The third-order valence-corrected chi connectivity index (χ3v) is 12.0. The van der Waals surface area contributed by atoms with Crippen molar-refractivity contribution < 1.29 is 33.6 Å². The third-order valence-electron chi connectivity index (χ3n) is 12.0. The fraction of sp³-hybridized carbons (Fsp3) is 0.543. The maximum atomic E-state index is 14.4. The summed E-state index contributed by atoms with van der Waals surface area (Å²) in [6.45, 7) is 0. The summed E-state index contributed by atoms with van der Waals surface area (Å²) >= 11 is 0. The molecule has 5 N–H and O–H groups in total.